The molecular formula is C17H21N3O. The molecule has 4 nitrogen and oxygen atoms in total. The standard InChI is InChI=1S/C17H21N3O/c1-2-18-13-15-5-3-4-6-16(15)20-17(21)8-7-14-9-11-19-12-10-14/h3-6,9-12,18H,2,7-8,13H2,1H3,(H,20,21). The fourth-order valence-corrected chi connectivity index (χ4v) is 2.08. The van der Waals surface area contributed by atoms with Crippen LogP contribution in [0.25, 0.3) is 0 Å². The first-order valence-electron chi connectivity index (χ1n) is 7.27. The zero-order chi connectivity index (χ0) is 14.9. The predicted molar refractivity (Wildman–Crippen MR) is 85.0 cm³/mol. The van der Waals surface area contributed by atoms with Crippen LogP contribution in [0.3, 0.4) is 0 Å². The van der Waals surface area contributed by atoms with Gasteiger partial charge in [-0.25, -0.2) is 0 Å². The van der Waals surface area contributed by atoms with Gasteiger partial charge in [-0.3, -0.25) is 9.78 Å². The molecule has 2 N–H and O–H groups in total. The van der Waals surface area contributed by atoms with Crippen molar-refractivity contribution in [2.45, 2.75) is 26.3 Å². The van der Waals surface area contributed by atoms with Gasteiger partial charge in [0.05, 0.1) is 0 Å². The maximum atomic E-state index is 12.1. The number of anilines is 1. The number of carbonyl (C=O) groups excluding carboxylic acids is 1. The lowest BCUT2D eigenvalue weighted by Crippen LogP contribution is -2.17. The van der Waals surface area contributed by atoms with Crippen LogP contribution in [0.4, 0.5) is 5.69 Å². The van der Waals surface area contributed by atoms with Crippen molar-refractivity contribution in [3.63, 3.8) is 0 Å². The maximum absolute atomic E-state index is 12.1. The number of aryl methyl sites for hydroxylation is 1. The van der Waals surface area contributed by atoms with E-state index in [0.717, 1.165) is 36.3 Å². The Morgan fingerprint density at radius 1 is 1.14 bits per heavy atom. The zero-order valence-corrected chi connectivity index (χ0v) is 12.3. The Morgan fingerprint density at radius 3 is 2.67 bits per heavy atom. The van der Waals surface area contributed by atoms with Crippen molar-refractivity contribution in [3.05, 3.63) is 59.9 Å². The van der Waals surface area contributed by atoms with Gasteiger partial charge in [0.15, 0.2) is 0 Å². The third-order valence-corrected chi connectivity index (χ3v) is 3.25. The van der Waals surface area contributed by atoms with E-state index in [-0.39, 0.29) is 5.91 Å². The van der Waals surface area contributed by atoms with Gasteiger partial charge in [0, 0.05) is 31.0 Å². The minimum atomic E-state index is 0.0377. The number of nitrogens with zero attached hydrogens (tertiary/aromatic N) is 1. The molecule has 1 aromatic heterocycles. The highest BCUT2D eigenvalue weighted by molar-refractivity contribution is 5.91. The van der Waals surface area contributed by atoms with Crippen molar-refractivity contribution >= 4 is 11.6 Å². The molecular weight excluding hydrogens is 262 g/mol. The number of carbonyl (C=O) groups is 1. The Kier molecular flexibility index (Phi) is 5.91. The molecule has 0 spiro atoms. The summed E-state index contributed by atoms with van der Waals surface area (Å²) in [6, 6.07) is 11.8. The summed E-state index contributed by atoms with van der Waals surface area (Å²) < 4.78 is 0. The summed E-state index contributed by atoms with van der Waals surface area (Å²) in [5.41, 5.74) is 3.12. The average molecular weight is 283 g/mol. The molecule has 0 saturated heterocycles. The number of pyridine rings is 1. The maximum Gasteiger partial charge on any atom is 0.224 e. The Morgan fingerprint density at radius 2 is 1.90 bits per heavy atom. The van der Waals surface area contributed by atoms with E-state index in [9.17, 15) is 4.79 Å². The lowest BCUT2D eigenvalue weighted by atomic mass is 10.1. The first kappa shape index (κ1) is 15.2. The van der Waals surface area contributed by atoms with E-state index >= 15 is 0 Å². The Hall–Kier alpha value is -2.20. The number of amides is 1. The molecule has 0 atom stereocenters. The van der Waals surface area contributed by atoms with E-state index in [1.165, 1.54) is 0 Å². The Labute approximate surface area is 125 Å². The summed E-state index contributed by atoms with van der Waals surface area (Å²) in [6.45, 7) is 3.73. The monoisotopic (exact) mass is 283 g/mol. The second-order valence-electron chi connectivity index (χ2n) is 4.84. The first-order chi connectivity index (χ1) is 10.3. The second-order valence-corrected chi connectivity index (χ2v) is 4.84. The summed E-state index contributed by atoms with van der Waals surface area (Å²) >= 11 is 0. The van der Waals surface area contributed by atoms with Gasteiger partial charge in [-0.15, -0.1) is 0 Å². The fourth-order valence-electron chi connectivity index (χ4n) is 2.08. The van der Waals surface area contributed by atoms with Gasteiger partial charge in [0.1, 0.15) is 0 Å². The normalized spacial score (nSPS) is 10.3. The minimum Gasteiger partial charge on any atom is -0.326 e. The number of benzene rings is 1. The molecule has 0 fully saturated rings. The van der Waals surface area contributed by atoms with Gasteiger partial charge in [0.2, 0.25) is 5.91 Å². The fraction of sp³-hybridized carbons (Fsp3) is 0.294. The minimum absolute atomic E-state index is 0.0377. The van der Waals surface area contributed by atoms with Crippen LogP contribution < -0.4 is 10.6 Å². The third-order valence-electron chi connectivity index (χ3n) is 3.25. The Balaban J connectivity index is 1.90. The van der Waals surface area contributed by atoms with E-state index in [2.05, 4.69) is 22.5 Å². The molecule has 110 valence electrons. The van der Waals surface area contributed by atoms with Crippen LogP contribution in [-0.2, 0) is 17.8 Å². The quantitative estimate of drug-likeness (QED) is 0.821. The third kappa shape index (κ3) is 5.00. The van der Waals surface area contributed by atoms with Crippen molar-refractivity contribution in [3.8, 4) is 0 Å². The average Bonchev–Trinajstić information content (AvgIpc) is 2.53. The molecule has 2 rings (SSSR count). The number of hydrogen-bond donors (Lipinski definition) is 2. The van der Waals surface area contributed by atoms with Crippen LogP contribution in [0.1, 0.15) is 24.5 Å². The number of aromatic nitrogens is 1. The number of nitrogens with one attached hydrogen (secondary N) is 2. The van der Waals surface area contributed by atoms with Crippen LogP contribution in [0, 0.1) is 0 Å². The lowest BCUT2D eigenvalue weighted by Gasteiger charge is -2.11. The number of hydrogen-bond acceptors (Lipinski definition) is 3. The van der Waals surface area contributed by atoms with Gasteiger partial charge in [-0.05, 0) is 42.3 Å². The molecule has 0 radical (unpaired) electrons. The SMILES string of the molecule is CCNCc1ccccc1NC(=O)CCc1ccncc1. The van der Waals surface area contributed by atoms with E-state index < -0.39 is 0 Å². The molecule has 0 aliphatic carbocycles. The Bertz CT molecular complexity index is 569. The molecule has 1 amide bonds. The summed E-state index contributed by atoms with van der Waals surface area (Å²) in [7, 11) is 0. The molecule has 2 aromatic rings. The molecule has 0 bridgehead atoms. The summed E-state index contributed by atoms with van der Waals surface area (Å²) in [4.78, 5) is 16.0. The van der Waals surface area contributed by atoms with Crippen LogP contribution in [0.5, 0.6) is 0 Å². The zero-order valence-electron chi connectivity index (χ0n) is 12.3. The smallest absolute Gasteiger partial charge is 0.224 e. The van der Waals surface area contributed by atoms with Crippen LogP contribution >= 0.6 is 0 Å². The molecule has 4 heteroatoms. The van der Waals surface area contributed by atoms with E-state index in [0.29, 0.717) is 6.42 Å². The number of rotatable bonds is 7. The highest BCUT2D eigenvalue weighted by Crippen LogP contribution is 2.15. The van der Waals surface area contributed by atoms with Crippen LogP contribution in [0.15, 0.2) is 48.8 Å². The van der Waals surface area contributed by atoms with E-state index in [4.69, 9.17) is 0 Å². The van der Waals surface area contributed by atoms with Crippen molar-refractivity contribution in [2.75, 3.05) is 11.9 Å². The summed E-state index contributed by atoms with van der Waals surface area (Å²) in [6.07, 6.45) is 4.70. The van der Waals surface area contributed by atoms with Crippen molar-refractivity contribution in [1.29, 1.82) is 0 Å². The van der Waals surface area contributed by atoms with Crippen molar-refractivity contribution in [1.82, 2.24) is 10.3 Å². The molecule has 0 unspecified atom stereocenters. The van der Waals surface area contributed by atoms with Crippen molar-refractivity contribution in [2.24, 2.45) is 0 Å². The van der Waals surface area contributed by atoms with Crippen molar-refractivity contribution < 1.29 is 4.79 Å². The van der Waals surface area contributed by atoms with Gasteiger partial charge in [-0.2, -0.15) is 0 Å². The van der Waals surface area contributed by atoms with Gasteiger partial charge >= 0.3 is 0 Å². The molecule has 1 heterocycles. The van der Waals surface area contributed by atoms with Crippen LogP contribution in [0.2, 0.25) is 0 Å². The summed E-state index contributed by atoms with van der Waals surface area (Å²) in [5.74, 6) is 0.0377. The van der Waals surface area contributed by atoms with Crippen LogP contribution in [-0.4, -0.2) is 17.4 Å². The first-order valence-corrected chi connectivity index (χ1v) is 7.27. The molecule has 0 aliphatic rings. The topological polar surface area (TPSA) is 54.0 Å². The highest BCUT2D eigenvalue weighted by atomic mass is 16.1. The second kappa shape index (κ2) is 8.17. The lowest BCUT2D eigenvalue weighted by molar-refractivity contribution is -0.116. The molecule has 0 saturated carbocycles. The van der Waals surface area contributed by atoms with E-state index in [1.807, 2.05) is 36.4 Å². The highest BCUT2D eigenvalue weighted by Gasteiger charge is 2.06. The largest absolute Gasteiger partial charge is 0.326 e. The molecule has 0 aliphatic heterocycles. The molecule has 1 aromatic carbocycles. The van der Waals surface area contributed by atoms with Gasteiger partial charge in [-0.1, -0.05) is 25.1 Å². The van der Waals surface area contributed by atoms with E-state index in [1.54, 1.807) is 12.4 Å². The number of para-hydroxylation sites is 1. The summed E-state index contributed by atoms with van der Waals surface area (Å²) in [5, 5.41) is 6.27. The predicted octanol–water partition coefficient (Wildman–Crippen LogP) is 2.76. The van der Waals surface area contributed by atoms with Gasteiger partial charge < -0.3 is 10.6 Å². The molecule has 21 heavy (non-hydrogen) atoms. The van der Waals surface area contributed by atoms with Gasteiger partial charge in [0.25, 0.3) is 0 Å².